The largest absolute Gasteiger partial charge is 0.342 e. The number of hydrogen-bond acceptors (Lipinski definition) is 5. The van der Waals surface area contributed by atoms with Gasteiger partial charge in [0.1, 0.15) is 5.82 Å². The molecular formula is C21H26N6O. The summed E-state index contributed by atoms with van der Waals surface area (Å²) >= 11 is 0. The first-order valence-electron chi connectivity index (χ1n) is 9.90. The van der Waals surface area contributed by atoms with Crippen molar-refractivity contribution in [3.05, 3.63) is 53.7 Å². The number of pyridine rings is 1. The molecule has 4 rings (SSSR count). The second-order valence-corrected chi connectivity index (χ2v) is 7.70. The maximum atomic E-state index is 13.0. The zero-order valence-electron chi connectivity index (χ0n) is 16.4. The molecule has 0 saturated heterocycles. The molecule has 3 heterocycles. The van der Waals surface area contributed by atoms with Crippen LogP contribution in [0, 0.1) is 5.92 Å². The zero-order chi connectivity index (χ0) is 19.5. The highest BCUT2D eigenvalue weighted by Gasteiger charge is 2.25. The number of fused-ring (bicyclic) bond motifs is 2. The van der Waals surface area contributed by atoms with Gasteiger partial charge in [-0.15, -0.1) is 10.2 Å². The van der Waals surface area contributed by atoms with Crippen molar-refractivity contribution in [3.63, 3.8) is 0 Å². The Morgan fingerprint density at radius 1 is 1.25 bits per heavy atom. The SMILES string of the molecule is CC(C)C[C@H](NC(=O)c1cnc2ccccc2c1)c1nnc2n1CCNCC2. The fraction of sp³-hybridized carbons (Fsp3) is 0.429. The van der Waals surface area contributed by atoms with Crippen LogP contribution in [0.25, 0.3) is 10.9 Å². The highest BCUT2D eigenvalue weighted by molar-refractivity contribution is 5.97. The van der Waals surface area contributed by atoms with E-state index in [4.69, 9.17) is 0 Å². The van der Waals surface area contributed by atoms with Crippen molar-refractivity contribution >= 4 is 16.8 Å². The number of nitrogens with zero attached hydrogens (tertiary/aromatic N) is 4. The molecule has 146 valence electrons. The number of amides is 1. The summed E-state index contributed by atoms with van der Waals surface area (Å²) in [5, 5.41) is 16.3. The molecule has 0 bridgehead atoms. The second-order valence-electron chi connectivity index (χ2n) is 7.70. The van der Waals surface area contributed by atoms with Crippen LogP contribution in [0.5, 0.6) is 0 Å². The van der Waals surface area contributed by atoms with Crippen molar-refractivity contribution in [3.8, 4) is 0 Å². The third kappa shape index (κ3) is 3.89. The summed E-state index contributed by atoms with van der Waals surface area (Å²) in [6.07, 6.45) is 3.29. The minimum Gasteiger partial charge on any atom is -0.342 e. The summed E-state index contributed by atoms with van der Waals surface area (Å²) in [7, 11) is 0. The lowest BCUT2D eigenvalue weighted by Crippen LogP contribution is -2.32. The van der Waals surface area contributed by atoms with Crippen molar-refractivity contribution in [1.82, 2.24) is 30.4 Å². The molecular weight excluding hydrogens is 352 g/mol. The lowest BCUT2D eigenvalue weighted by atomic mass is 10.0. The predicted octanol–water partition coefficient (Wildman–Crippen LogP) is 2.49. The highest BCUT2D eigenvalue weighted by Crippen LogP contribution is 2.22. The minimum absolute atomic E-state index is 0.131. The molecule has 0 spiro atoms. The Morgan fingerprint density at radius 2 is 2.11 bits per heavy atom. The molecule has 1 aliphatic rings. The summed E-state index contributed by atoms with van der Waals surface area (Å²) in [4.78, 5) is 17.4. The van der Waals surface area contributed by atoms with Gasteiger partial charge in [-0.05, 0) is 24.5 Å². The Hall–Kier alpha value is -2.80. The van der Waals surface area contributed by atoms with Gasteiger partial charge in [0.05, 0.1) is 17.1 Å². The van der Waals surface area contributed by atoms with Gasteiger partial charge in [0.25, 0.3) is 5.91 Å². The molecule has 0 unspecified atom stereocenters. The van der Waals surface area contributed by atoms with E-state index >= 15 is 0 Å². The Kier molecular flexibility index (Phi) is 5.34. The van der Waals surface area contributed by atoms with E-state index in [-0.39, 0.29) is 11.9 Å². The van der Waals surface area contributed by atoms with Crippen LogP contribution in [-0.2, 0) is 13.0 Å². The number of hydrogen-bond donors (Lipinski definition) is 2. The summed E-state index contributed by atoms with van der Waals surface area (Å²) in [5.74, 6) is 2.11. The van der Waals surface area contributed by atoms with E-state index in [2.05, 4.69) is 44.2 Å². The van der Waals surface area contributed by atoms with Crippen LogP contribution in [0.1, 0.15) is 48.3 Å². The van der Waals surface area contributed by atoms with E-state index < -0.39 is 0 Å². The third-order valence-electron chi connectivity index (χ3n) is 5.07. The van der Waals surface area contributed by atoms with Gasteiger partial charge in [0, 0.05) is 37.6 Å². The first-order chi connectivity index (χ1) is 13.6. The number of aromatic nitrogens is 4. The molecule has 3 aromatic rings. The number of rotatable bonds is 5. The number of carbonyl (C=O) groups is 1. The van der Waals surface area contributed by atoms with Crippen molar-refractivity contribution in [2.45, 2.75) is 39.3 Å². The maximum absolute atomic E-state index is 13.0. The highest BCUT2D eigenvalue weighted by atomic mass is 16.1. The standard InChI is InChI=1S/C21H26N6O/c1-14(2)11-18(20-26-25-19-7-8-22-9-10-27(19)20)24-21(28)16-12-15-5-3-4-6-17(15)23-13-16/h3-6,12-14,18,22H,7-11H2,1-2H3,(H,24,28)/t18-/m0/s1. The molecule has 2 N–H and O–H groups in total. The molecule has 0 saturated carbocycles. The average Bonchev–Trinajstić information content (AvgIpc) is 2.95. The Bertz CT molecular complexity index is 980. The lowest BCUT2D eigenvalue weighted by molar-refractivity contribution is 0.0928. The minimum atomic E-state index is -0.182. The number of para-hydroxylation sites is 1. The van der Waals surface area contributed by atoms with Crippen LogP contribution in [0.4, 0.5) is 0 Å². The zero-order valence-corrected chi connectivity index (χ0v) is 16.4. The quantitative estimate of drug-likeness (QED) is 0.713. The van der Waals surface area contributed by atoms with Crippen LogP contribution < -0.4 is 10.6 Å². The Morgan fingerprint density at radius 3 is 2.96 bits per heavy atom. The summed E-state index contributed by atoms with van der Waals surface area (Å²) in [6, 6.07) is 9.51. The van der Waals surface area contributed by atoms with Crippen molar-refractivity contribution in [2.24, 2.45) is 5.92 Å². The summed E-state index contributed by atoms with van der Waals surface area (Å²) in [6.45, 7) is 6.91. The topological polar surface area (TPSA) is 84.7 Å². The van der Waals surface area contributed by atoms with Crippen LogP contribution >= 0.6 is 0 Å². The van der Waals surface area contributed by atoms with Gasteiger partial charge in [-0.25, -0.2) is 0 Å². The molecule has 2 aromatic heterocycles. The van der Waals surface area contributed by atoms with E-state index in [0.717, 1.165) is 55.0 Å². The van der Waals surface area contributed by atoms with Gasteiger partial charge in [-0.2, -0.15) is 0 Å². The Balaban J connectivity index is 1.61. The van der Waals surface area contributed by atoms with E-state index in [1.807, 2.05) is 30.3 Å². The molecule has 0 fully saturated rings. The molecule has 1 atom stereocenters. The maximum Gasteiger partial charge on any atom is 0.253 e. The molecule has 1 amide bonds. The average molecular weight is 378 g/mol. The van der Waals surface area contributed by atoms with E-state index in [0.29, 0.717) is 11.5 Å². The van der Waals surface area contributed by atoms with Crippen LogP contribution in [0.2, 0.25) is 0 Å². The van der Waals surface area contributed by atoms with Crippen LogP contribution in [0.3, 0.4) is 0 Å². The molecule has 0 radical (unpaired) electrons. The third-order valence-corrected chi connectivity index (χ3v) is 5.07. The summed E-state index contributed by atoms with van der Waals surface area (Å²) < 4.78 is 2.16. The summed E-state index contributed by atoms with van der Waals surface area (Å²) in [5.41, 5.74) is 1.44. The molecule has 1 aromatic carbocycles. The fourth-order valence-electron chi connectivity index (χ4n) is 3.69. The monoisotopic (exact) mass is 378 g/mol. The Labute approximate surface area is 164 Å². The number of nitrogens with one attached hydrogen (secondary N) is 2. The van der Waals surface area contributed by atoms with Gasteiger partial charge in [-0.3, -0.25) is 9.78 Å². The number of carbonyl (C=O) groups excluding carboxylic acids is 1. The van der Waals surface area contributed by atoms with E-state index in [1.165, 1.54) is 0 Å². The van der Waals surface area contributed by atoms with Crippen molar-refractivity contribution in [2.75, 3.05) is 13.1 Å². The first kappa shape index (κ1) is 18.6. The van der Waals surface area contributed by atoms with Crippen molar-refractivity contribution < 1.29 is 4.79 Å². The van der Waals surface area contributed by atoms with E-state index in [1.54, 1.807) is 6.20 Å². The molecule has 1 aliphatic heterocycles. The van der Waals surface area contributed by atoms with Gasteiger partial charge < -0.3 is 15.2 Å². The number of benzene rings is 1. The molecule has 7 nitrogen and oxygen atoms in total. The predicted molar refractivity (Wildman–Crippen MR) is 108 cm³/mol. The molecule has 28 heavy (non-hydrogen) atoms. The van der Waals surface area contributed by atoms with Gasteiger partial charge in [-0.1, -0.05) is 32.0 Å². The second kappa shape index (κ2) is 8.06. The van der Waals surface area contributed by atoms with Crippen LogP contribution in [-0.4, -0.2) is 38.7 Å². The van der Waals surface area contributed by atoms with Gasteiger partial charge in [0.15, 0.2) is 5.82 Å². The van der Waals surface area contributed by atoms with Gasteiger partial charge >= 0.3 is 0 Å². The first-order valence-corrected chi connectivity index (χ1v) is 9.90. The smallest absolute Gasteiger partial charge is 0.253 e. The van der Waals surface area contributed by atoms with E-state index in [9.17, 15) is 4.79 Å². The fourth-order valence-corrected chi connectivity index (χ4v) is 3.69. The molecule has 0 aliphatic carbocycles. The van der Waals surface area contributed by atoms with Crippen molar-refractivity contribution in [1.29, 1.82) is 0 Å². The van der Waals surface area contributed by atoms with Crippen LogP contribution in [0.15, 0.2) is 36.5 Å². The van der Waals surface area contributed by atoms with Gasteiger partial charge in [0.2, 0.25) is 0 Å². The normalized spacial score (nSPS) is 15.2. The molecule has 7 heteroatoms. The lowest BCUT2D eigenvalue weighted by Gasteiger charge is -2.21.